The maximum atomic E-state index is 11.9. The maximum Gasteiger partial charge on any atom is 0.248 e. The summed E-state index contributed by atoms with van der Waals surface area (Å²) in [6, 6.07) is 13.6. The Balaban J connectivity index is 1.48. The Hall–Kier alpha value is -2.50. The molecule has 2 aliphatic rings. The summed E-state index contributed by atoms with van der Waals surface area (Å²) < 4.78 is 11.9. The van der Waals surface area contributed by atoms with Gasteiger partial charge in [0.25, 0.3) is 0 Å². The number of nitrogens with two attached hydrogens (primary N) is 1. The van der Waals surface area contributed by atoms with E-state index < -0.39 is 5.91 Å². The van der Waals surface area contributed by atoms with Crippen LogP contribution in [0, 0.1) is 17.8 Å². The molecule has 2 aromatic rings. The zero-order valence-corrected chi connectivity index (χ0v) is 20.7. The Labute approximate surface area is 207 Å². The zero-order chi connectivity index (χ0) is 24.1. The van der Waals surface area contributed by atoms with Gasteiger partial charge < -0.3 is 20.1 Å². The van der Waals surface area contributed by atoms with Gasteiger partial charge in [-0.1, -0.05) is 29.8 Å². The van der Waals surface area contributed by atoms with Crippen molar-refractivity contribution in [3.63, 3.8) is 0 Å². The number of benzene rings is 2. The van der Waals surface area contributed by atoms with E-state index in [2.05, 4.69) is 17.5 Å². The van der Waals surface area contributed by atoms with Gasteiger partial charge in [-0.15, -0.1) is 6.58 Å². The van der Waals surface area contributed by atoms with E-state index in [1.165, 1.54) is 12.0 Å². The molecule has 1 amide bonds. The first-order chi connectivity index (χ1) is 16.5. The van der Waals surface area contributed by atoms with Crippen LogP contribution in [0.25, 0.3) is 0 Å². The highest BCUT2D eigenvalue weighted by molar-refractivity contribution is 6.30. The third-order valence-corrected chi connectivity index (χ3v) is 7.60. The molecule has 4 rings (SSSR count). The molecule has 1 saturated carbocycles. The number of carbonyl (C=O) groups excluding carboxylic acids is 1. The second-order valence-electron chi connectivity index (χ2n) is 9.59. The zero-order valence-electron chi connectivity index (χ0n) is 19.9. The van der Waals surface area contributed by atoms with Crippen LogP contribution in [0.1, 0.15) is 41.6 Å². The lowest BCUT2D eigenvalue weighted by Gasteiger charge is -2.43. The lowest BCUT2D eigenvalue weighted by Crippen LogP contribution is -2.44. The van der Waals surface area contributed by atoms with E-state index in [1.807, 2.05) is 36.4 Å². The second kappa shape index (κ2) is 11.3. The van der Waals surface area contributed by atoms with Gasteiger partial charge in [-0.05, 0) is 79.8 Å². The molecule has 0 radical (unpaired) electrons. The average molecular weight is 483 g/mol. The van der Waals surface area contributed by atoms with Crippen molar-refractivity contribution in [2.75, 3.05) is 31.7 Å². The summed E-state index contributed by atoms with van der Waals surface area (Å²) in [5.74, 6) is 1.77. The fraction of sp³-hybridized carbons (Fsp3) is 0.464. The maximum absolute atomic E-state index is 11.9. The van der Waals surface area contributed by atoms with Crippen LogP contribution in [-0.2, 0) is 11.2 Å². The number of fused-ring (bicyclic) bond motifs is 1. The van der Waals surface area contributed by atoms with Crippen molar-refractivity contribution in [1.82, 2.24) is 0 Å². The standard InChI is InChI=1S/C28H35ClN2O3/c1-3-26(33-2)24-12-10-22(24)17-31-16-20(8-4-6-19-7-5-9-23(29)14-19)18-34-27-13-11-21(28(30)32)15-25(27)31/h3,5,7,9,11,13-15,20,22,24,26H,1,4,6,8,10,12,16-18H2,2H3,(H2,30,32)/t20?,22-,24+,26-/m0/s1. The van der Waals surface area contributed by atoms with Gasteiger partial charge in [0.05, 0.1) is 18.4 Å². The first-order valence-corrected chi connectivity index (χ1v) is 12.6. The highest BCUT2D eigenvalue weighted by atomic mass is 35.5. The van der Waals surface area contributed by atoms with Crippen LogP contribution in [0.3, 0.4) is 0 Å². The fourth-order valence-corrected chi connectivity index (χ4v) is 5.54. The Bertz CT molecular complexity index is 1010. The molecule has 6 heteroatoms. The molecule has 1 fully saturated rings. The minimum absolute atomic E-state index is 0.0758. The molecule has 34 heavy (non-hydrogen) atoms. The van der Waals surface area contributed by atoms with Crippen molar-refractivity contribution in [1.29, 1.82) is 0 Å². The molecular weight excluding hydrogens is 448 g/mol. The summed E-state index contributed by atoms with van der Waals surface area (Å²) in [5.41, 5.74) is 8.33. The lowest BCUT2D eigenvalue weighted by atomic mass is 9.70. The molecule has 1 heterocycles. The van der Waals surface area contributed by atoms with E-state index in [0.29, 0.717) is 29.9 Å². The number of rotatable bonds is 10. The van der Waals surface area contributed by atoms with Crippen molar-refractivity contribution in [2.24, 2.45) is 23.5 Å². The van der Waals surface area contributed by atoms with Crippen LogP contribution < -0.4 is 15.4 Å². The molecule has 2 N–H and O–H groups in total. The Morgan fingerprint density at radius 1 is 1.32 bits per heavy atom. The topological polar surface area (TPSA) is 64.8 Å². The molecule has 1 aliphatic heterocycles. The van der Waals surface area contributed by atoms with Crippen LogP contribution in [-0.4, -0.2) is 38.8 Å². The number of hydrogen-bond acceptors (Lipinski definition) is 4. The molecule has 0 spiro atoms. The first-order valence-electron chi connectivity index (χ1n) is 12.2. The van der Waals surface area contributed by atoms with Gasteiger partial charge >= 0.3 is 0 Å². The highest BCUT2D eigenvalue weighted by Gasteiger charge is 2.38. The van der Waals surface area contributed by atoms with Gasteiger partial charge in [0.15, 0.2) is 0 Å². The van der Waals surface area contributed by atoms with Crippen LogP contribution in [0.2, 0.25) is 5.02 Å². The number of ether oxygens (including phenoxy) is 2. The molecule has 0 bridgehead atoms. The highest BCUT2D eigenvalue weighted by Crippen LogP contribution is 2.42. The summed E-state index contributed by atoms with van der Waals surface area (Å²) in [4.78, 5) is 14.3. The molecular formula is C28H35ClN2O3. The van der Waals surface area contributed by atoms with Crippen molar-refractivity contribution in [2.45, 2.75) is 38.2 Å². The van der Waals surface area contributed by atoms with Gasteiger partial charge in [-0.25, -0.2) is 0 Å². The number of methoxy groups -OCH3 is 1. The van der Waals surface area contributed by atoms with Gasteiger partial charge in [-0.3, -0.25) is 4.79 Å². The smallest absolute Gasteiger partial charge is 0.248 e. The molecule has 1 unspecified atom stereocenters. The van der Waals surface area contributed by atoms with E-state index in [1.54, 1.807) is 13.2 Å². The number of nitrogens with zero attached hydrogens (tertiary/aromatic N) is 1. The largest absolute Gasteiger partial charge is 0.491 e. The number of primary amides is 1. The number of halogens is 1. The number of amides is 1. The number of carbonyl (C=O) groups is 1. The van der Waals surface area contributed by atoms with Crippen molar-refractivity contribution < 1.29 is 14.3 Å². The molecule has 0 saturated heterocycles. The van der Waals surface area contributed by atoms with E-state index in [9.17, 15) is 4.79 Å². The first kappa shape index (κ1) is 24.6. The molecule has 1 aliphatic carbocycles. The summed E-state index contributed by atoms with van der Waals surface area (Å²) in [6.07, 6.45) is 7.43. The summed E-state index contributed by atoms with van der Waals surface area (Å²) >= 11 is 6.15. The number of aryl methyl sites for hydroxylation is 1. The number of anilines is 1. The predicted molar refractivity (Wildman–Crippen MR) is 138 cm³/mol. The SMILES string of the molecule is C=C[C@H](OC)[C@@H]1CC[C@H]1CN1CC(CCCc2cccc(Cl)c2)COc2ccc(C(N)=O)cc21. The van der Waals surface area contributed by atoms with E-state index in [-0.39, 0.29) is 6.10 Å². The van der Waals surface area contributed by atoms with Gasteiger partial charge in [0.1, 0.15) is 5.75 Å². The molecule has 0 aromatic heterocycles. The Morgan fingerprint density at radius 3 is 2.85 bits per heavy atom. The average Bonchev–Trinajstić information content (AvgIpc) is 2.99. The normalized spacial score (nSPS) is 22.6. The quantitative estimate of drug-likeness (QED) is 0.454. The monoisotopic (exact) mass is 482 g/mol. The fourth-order valence-electron chi connectivity index (χ4n) is 5.33. The van der Waals surface area contributed by atoms with Crippen LogP contribution in [0.5, 0.6) is 5.75 Å². The van der Waals surface area contributed by atoms with Crippen molar-refractivity contribution in [3.05, 3.63) is 71.3 Å². The second-order valence-corrected chi connectivity index (χ2v) is 10.0. The van der Waals surface area contributed by atoms with E-state index >= 15 is 0 Å². The lowest BCUT2D eigenvalue weighted by molar-refractivity contribution is 0.0137. The third kappa shape index (κ3) is 5.76. The van der Waals surface area contributed by atoms with Gasteiger partial charge in [-0.2, -0.15) is 0 Å². The number of hydrogen-bond donors (Lipinski definition) is 1. The van der Waals surface area contributed by atoms with E-state index in [4.69, 9.17) is 26.8 Å². The summed E-state index contributed by atoms with van der Waals surface area (Å²) in [7, 11) is 1.76. The Kier molecular flexibility index (Phi) is 8.17. The van der Waals surface area contributed by atoms with Gasteiger partial charge in [0, 0.05) is 36.7 Å². The molecule has 5 nitrogen and oxygen atoms in total. The molecule has 182 valence electrons. The van der Waals surface area contributed by atoms with Crippen molar-refractivity contribution >= 4 is 23.2 Å². The molecule has 2 aromatic carbocycles. The Morgan fingerprint density at radius 2 is 2.18 bits per heavy atom. The van der Waals surface area contributed by atoms with E-state index in [0.717, 1.165) is 55.2 Å². The van der Waals surface area contributed by atoms with Crippen LogP contribution in [0.15, 0.2) is 55.1 Å². The van der Waals surface area contributed by atoms with Crippen LogP contribution >= 0.6 is 11.6 Å². The minimum Gasteiger partial charge on any atom is -0.491 e. The minimum atomic E-state index is -0.419. The summed E-state index contributed by atoms with van der Waals surface area (Å²) in [6.45, 7) is 6.41. The molecule has 4 atom stereocenters. The van der Waals surface area contributed by atoms with Crippen molar-refractivity contribution in [3.8, 4) is 5.75 Å². The predicted octanol–water partition coefficient (Wildman–Crippen LogP) is 5.50. The van der Waals surface area contributed by atoms with Crippen LogP contribution in [0.4, 0.5) is 5.69 Å². The third-order valence-electron chi connectivity index (χ3n) is 7.36. The summed E-state index contributed by atoms with van der Waals surface area (Å²) in [5, 5.41) is 0.783. The van der Waals surface area contributed by atoms with Gasteiger partial charge in [0.2, 0.25) is 5.91 Å².